The number of carbonyl (C=O) groups is 3. The number of aliphatic hydroxyl groups excluding tert-OH is 1. The van der Waals surface area contributed by atoms with Gasteiger partial charge in [0.1, 0.15) is 18.3 Å². The van der Waals surface area contributed by atoms with Crippen LogP contribution in [0.25, 0.3) is 0 Å². The molecule has 2 saturated heterocycles. The highest BCUT2D eigenvalue weighted by atomic mass is 16.8. The van der Waals surface area contributed by atoms with Crippen molar-refractivity contribution in [2.75, 3.05) is 6.61 Å². The first-order valence-electron chi connectivity index (χ1n) is 13.3. The maximum Gasteiger partial charge on any atom is 0.339 e. The molecule has 3 aliphatic carbocycles. The van der Waals surface area contributed by atoms with Gasteiger partial charge in [0.25, 0.3) is 0 Å². The third-order valence-corrected chi connectivity index (χ3v) is 7.97. The topological polar surface area (TPSA) is 139 Å². The van der Waals surface area contributed by atoms with Crippen LogP contribution in [0.3, 0.4) is 0 Å². The molecule has 5 fully saturated rings. The summed E-state index contributed by atoms with van der Waals surface area (Å²) < 4.78 is 35.7. The summed E-state index contributed by atoms with van der Waals surface area (Å²) >= 11 is 0. The van der Waals surface area contributed by atoms with Crippen molar-refractivity contribution in [2.24, 2.45) is 0 Å². The maximum absolute atomic E-state index is 13.5. The molecule has 3 saturated carbocycles. The first-order chi connectivity index (χ1) is 17.3. The van der Waals surface area contributed by atoms with Crippen LogP contribution in [0.1, 0.15) is 78.1 Å². The molecule has 0 radical (unpaired) electrons. The van der Waals surface area contributed by atoms with Gasteiger partial charge in [-0.05, 0) is 32.6 Å². The summed E-state index contributed by atoms with van der Waals surface area (Å²) in [6.45, 7) is 3.12. The normalized spacial score (nSPS) is 38.6. The fourth-order valence-corrected chi connectivity index (χ4v) is 6.36. The molecule has 5 rings (SSSR count). The third kappa shape index (κ3) is 4.76. The molecule has 11 heteroatoms. The zero-order chi connectivity index (χ0) is 25.5. The van der Waals surface area contributed by atoms with Crippen molar-refractivity contribution in [3.05, 3.63) is 0 Å². The van der Waals surface area contributed by atoms with E-state index in [0.29, 0.717) is 25.7 Å². The highest BCUT2D eigenvalue weighted by molar-refractivity contribution is 5.86. The minimum atomic E-state index is -1.33. The van der Waals surface area contributed by atoms with Crippen molar-refractivity contribution >= 4 is 17.8 Å². The Morgan fingerprint density at radius 1 is 0.833 bits per heavy atom. The second kappa shape index (κ2) is 10.2. The molecule has 0 aromatic rings. The zero-order valence-electron chi connectivity index (χ0n) is 20.9. The molecule has 2 spiro atoms. The molecule has 36 heavy (non-hydrogen) atoms. The lowest BCUT2D eigenvalue weighted by molar-refractivity contribution is -0.222. The molecule has 0 aromatic heterocycles. The minimum absolute atomic E-state index is 0.129. The summed E-state index contributed by atoms with van der Waals surface area (Å²) in [5.74, 6) is -3.76. The van der Waals surface area contributed by atoms with Crippen molar-refractivity contribution in [2.45, 2.75) is 132 Å². The van der Waals surface area contributed by atoms with E-state index in [1.165, 1.54) is 6.92 Å². The van der Waals surface area contributed by atoms with Gasteiger partial charge in [-0.25, -0.2) is 9.59 Å². The largest absolute Gasteiger partial charge is 0.464 e. The number of nitrogens with one attached hydrogen (secondary N) is 1. The Morgan fingerprint density at radius 3 is 1.92 bits per heavy atom. The van der Waals surface area contributed by atoms with Gasteiger partial charge >= 0.3 is 11.9 Å². The Balaban J connectivity index is 1.37. The van der Waals surface area contributed by atoms with Crippen LogP contribution in [0.15, 0.2) is 0 Å². The van der Waals surface area contributed by atoms with E-state index in [4.69, 9.17) is 28.4 Å². The van der Waals surface area contributed by atoms with E-state index < -0.39 is 72.1 Å². The number of carbonyl (C=O) groups excluding carboxylic acids is 3. The molecule has 5 aliphatic rings. The lowest BCUT2D eigenvalue weighted by Crippen LogP contribution is -2.52. The number of aliphatic hydroxyl groups is 1. The SMILES string of the molecule is CCOC(=O)[C@@H]1OC2(CCCCC2)O[C@H]1C(=O)O[C@@H]1[C@@H](NC(C)=O)[C@H](O)[C@H]2OC3(CCCCC3)O[C@H]21. The van der Waals surface area contributed by atoms with Crippen LogP contribution >= 0.6 is 0 Å². The Bertz CT molecular complexity index is 852. The van der Waals surface area contributed by atoms with Crippen molar-refractivity contribution in [3.63, 3.8) is 0 Å². The number of amides is 1. The first kappa shape index (κ1) is 25.8. The van der Waals surface area contributed by atoms with E-state index in [0.717, 1.165) is 38.5 Å². The zero-order valence-corrected chi connectivity index (χ0v) is 20.9. The number of rotatable bonds is 5. The smallest absolute Gasteiger partial charge is 0.339 e. The van der Waals surface area contributed by atoms with Gasteiger partial charge in [0.05, 0.1) is 12.6 Å². The molecular weight excluding hydrogens is 474 g/mol. The molecule has 0 unspecified atom stereocenters. The van der Waals surface area contributed by atoms with Gasteiger partial charge in [0.2, 0.25) is 5.91 Å². The van der Waals surface area contributed by atoms with Crippen LogP contribution in [-0.4, -0.2) is 83.8 Å². The second-order valence-electron chi connectivity index (χ2n) is 10.6. The Morgan fingerprint density at radius 2 is 1.36 bits per heavy atom. The third-order valence-electron chi connectivity index (χ3n) is 7.97. The molecule has 7 atom stereocenters. The average Bonchev–Trinajstić information content (AvgIpc) is 3.47. The van der Waals surface area contributed by atoms with Crippen LogP contribution in [0.2, 0.25) is 0 Å². The van der Waals surface area contributed by atoms with E-state index in [1.807, 2.05) is 0 Å². The van der Waals surface area contributed by atoms with Gasteiger partial charge in [-0.15, -0.1) is 0 Å². The molecule has 0 aromatic carbocycles. The van der Waals surface area contributed by atoms with Gasteiger partial charge in [-0.3, -0.25) is 4.79 Å². The van der Waals surface area contributed by atoms with Crippen molar-refractivity contribution in [1.29, 1.82) is 0 Å². The molecular formula is C25H37NO10. The fraction of sp³-hybridized carbons (Fsp3) is 0.880. The van der Waals surface area contributed by atoms with Crippen LogP contribution < -0.4 is 5.32 Å². The van der Waals surface area contributed by atoms with Gasteiger partial charge in [-0.2, -0.15) is 0 Å². The number of ether oxygens (including phenoxy) is 6. The Kier molecular flexibility index (Phi) is 7.30. The van der Waals surface area contributed by atoms with Gasteiger partial charge in [0.15, 0.2) is 29.9 Å². The number of esters is 2. The molecule has 1 amide bonds. The predicted octanol–water partition coefficient (Wildman–Crippen LogP) is 1.23. The summed E-state index contributed by atoms with van der Waals surface area (Å²) in [5.41, 5.74) is 0. The lowest BCUT2D eigenvalue weighted by Gasteiger charge is -2.35. The second-order valence-corrected chi connectivity index (χ2v) is 10.6. The molecule has 2 heterocycles. The average molecular weight is 512 g/mol. The van der Waals surface area contributed by atoms with Gasteiger partial charge < -0.3 is 38.8 Å². The van der Waals surface area contributed by atoms with E-state index in [2.05, 4.69) is 5.32 Å². The predicted molar refractivity (Wildman–Crippen MR) is 121 cm³/mol. The van der Waals surface area contributed by atoms with E-state index >= 15 is 0 Å². The molecule has 2 N–H and O–H groups in total. The summed E-state index contributed by atoms with van der Waals surface area (Å²) in [7, 11) is 0. The molecule has 0 bridgehead atoms. The number of hydrogen-bond donors (Lipinski definition) is 2. The number of fused-ring (bicyclic) bond motifs is 1. The van der Waals surface area contributed by atoms with Crippen LogP contribution in [0, 0.1) is 0 Å². The highest BCUT2D eigenvalue weighted by Crippen LogP contribution is 2.47. The standard InChI is InChI=1S/C25H37NO10/c1-3-31-22(29)20-21(36-25(35-20)12-8-5-9-13-25)23(30)32-17-15(26-14(2)27)16(28)18-19(17)34-24(33-18)10-6-4-7-11-24/h15-21,28H,3-13H2,1-2H3,(H,26,27)/t15-,16-,17+,18+,19-,20+,21+/m0/s1. The van der Waals surface area contributed by atoms with Crippen LogP contribution in [0.5, 0.6) is 0 Å². The summed E-state index contributed by atoms with van der Waals surface area (Å²) in [6, 6.07) is -0.936. The van der Waals surface area contributed by atoms with Gasteiger partial charge in [0, 0.05) is 32.6 Å². The van der Waals surface area contributed by atoms with E-state index in [9.17, 15) is 19.5 Å². The van der Waals surface area contributed by atoms with E-state index in [-0.39, 0.29) is 6.61 Å². The van der Waals surface area contributed by atoms with Crippen LogP contribution in [-0.2, 0) is 42.8 Å². The summed E-state index contributed by atoms with van der Waals surface area (Å²) in [6.07, 6.45) is 1.89. The highest BCUT2D eigenvalue weighted by Gasteiger charge is 2.64. The molecule has 202 valence electrons. The van der Waals surface area contributed by atoms with Crippen molar-refractivity contribution in [3.8, 4) is 0 Å². The van der Waals surface area contributed by atoms with Gasteiger partial charge in [-0.1, -0.05) is 12.8 Å². The molecule has 2 aliphatic heterocycles. The summed E-state index contributed by atoms with van der Waals surface area (Å²) in [4.78, 5) is 38.1. The lowest BCUT2D eigenvalue weighted by atomic mass is 9.94. The quantitative estimate of drug-likeness (QED) is 0.518. The van der Waals surface area contributed by atoms with Crippen LogP contribution in [0.4, 0.5) is 0 Å². The monoisotopic (exact) mass is 511 g/mol. The maximum atomic E-state index is 13.5. The minimum Gasteiger partial charge on any atom is -0.464 e. The number of hydrogen-bond acceptors (Lipinski definition) is 10. The Hall–Kier alpha value is -1.79. The first-order valence-corrected chi connectivity index (χ1v) is 13.3. The Labute approximate surface area is 210 Å². The fourth-order valence-electron chi connectivity index (χ4n) is 6.36. The van der Waals surface area contributed by atoms with Crippen molar-refractivity contribution in [1.82, 2.24) is 5.32 Å². The molecule has 11 nitrogen and oxygen atoms in total. The summed E-state index contributed by atoms with van der Waals surface area (Å²) in [5, 5.41) is 13.7. The van der Waals surface area contributed by atoms with E-state index in [1.54, 1.807) is 6.92 Å². The van der Waals surface area contributed by atoms with Crippen molar-refractivity contribution < 1.29 is 47.9 Å².